The molecule has 0 aliphatic heterocycles. The number of nitrogens with zero attached hydrogens (tertiary/aromatic N) is 3. The molecule has 0 saturated carbocycles. The van der Waals surface area contributed by atoms with Crippen molar-refractivity contribution in [3.63, 3.8) is 0 Å². The lowest BCUT2D eigenvalue weighted by Crippen LogP contribution is -2.35. The van der Waals surface area contributed by atoms with Crippen LogP contribution in [0.3, 0.4) is 0 Å². The maximum Gasteiger partial charge on any atom is 0.419 e. The second-order valence-electron chi connectivity index (χ2n) is 7.86. The van der Waals surface area contributed by atoms with Gasteiger partial charge in [0.15, 0.2) is 5.75 Å². The van der Waals surface area contributed by atoms with Crippen molar-refractivity contribution in [2.75, 3.05) is 23.4 Å². The van der Waals surface area contributed by atoms with E-state index in [2.05, 4.69) is 15.3 Å². The third-order valence-electron chi connectivity index (χ3n) is 5.24. The first-order valence-electron chi connectivity index (χ1n) is 11.6. The Balaban J connectivity index is 1.43. The second-order valence-corrected chi connectivity index (χ2v) is 8.92. The molecule has 0 radical (unpaired) electrons. The number of rotatable bonds is 10. The number of pyridine rings is 1. The van der Waals surface area contributed by atoms with Crippen LogP contribution in [0.4, 0.5) is 16.2 Å². The summed E-state index contributed by atoms with van der Waals surface area (Å²) in [6, 6.07) is 17.9. The highest BCUT2D eigenvalue weighted by Gasteiger charge is 2.20. The largest absolute Gasteiger partial charge is 0.466 e. The van der Waals surface area contributed by atoms with Crippen LogP contribution in [0, 0.1) is 5.41 Å². The molecule has 0 unspecified atom stereocenters. The van der Waals surface area contributed by atoms with Crippen molar-refractivity contribution in [2.24, 2.45) is 5.73 Å². The maximum absolute atomic E-state index is 13.0. The molecule has 0 bridgehead atoms. The molecule has 2 aromatic carbocycles. The zero-order chi connectivity index (χ0) is 26.2. The van der Waals surface area contributed by atoms with Crippen LogP contribution in [0.25, 0.3) is 10.3 Å². The van der Waals surface area contributed by atoms with E-state index in [1.54, 1.807) is 49.4 Å². The summed E-state index contributed by atoms with van der Waals surface area (Å²) in [5.41, 5.74) is 8.23. The first kappa shape index (κ1) is 25.6. The van der Waals surface area contributed by atoms with E-state index in [0.29, 0.717) is 28.1 Å². The molecule has 2 heterocycles. The number of nitrogens with two attached hydrogens (primary N) is 1. The van der Waals surface area contributed by atoms with E-state index in [9.17, 15) is 9.59 Å². The summed E-state index contributed by atoms with van der Waals surface area (Å²) in [4.78, 5) is 36.0. The Kier molecular flexibility index (Phi) is 8.26. The normalized spacial score (nSPS) is 10.6. The van der Waals surface area contributed by atoms with Crippen molar-refractivity contribution >= 4 is 51.0 Å². The Bertz CT molecular complexity index is 1390. The Morgan fingerprint density at radius 3 is 2.59 bits per heavy atom. The minimum absolute atomic E-state index is 0.0196. The predicted octanol–water partition coefficient (Wildman–Crippen LogP) is 4.55. The van der Waals surface area contributed by atoms with E-state index in [4.69, 9.17) is 20.6 Å². The van der Waals surface area contributed by atoms with Gasteiger partial charge in [-0.1, -0.05) is 29.5 Å². The van der Waals surface area contributed by atoms with Gasteiger partial charge in [-0.3, -0.25) is 15.1 Å². The van der Waals surface area contributed by atoms with Gasteiger partial charge in [0.2, 0.25) is 0 Å². The number of nitrogen functional groups attached to an aromatic ring is 1. The molecule has 0 aliphatic carbocycles. The fraction of sp³-hybridized carbons (Fsp3) is 0.192. The molecular formula is C26H26N6O4S. The number of amides is 1. The number of benzene rings is 2. The first-order chi connectivity index (χ1) is 17.9. The van der Waals surface area contributed by atoms with Crippen LogP contribution in [0.2, 0.25) is 0 Å². The summed E-state index contributed by atoms with van der Waals surface area (Å²) >= 11 is 1.43. The van der Waals surface area contributed by atoms with E-state index in [-0.39, 0.29) is 31.2 Å². The van der Waals surface area contributed by atoms with Gasteiger partial charge in [-0.2, -0.15) is 0 Å². The SMILES string of the molecule is CCOC(=O)CCN(C(=O)Oc1cnc2sc(CNc3ccc(C(=N)N)cc3)nc2c1)c1ccccc1. The molecule has 4 aromatic rings. The van der Waals surface area contributed by atoms with E-state index < -0.39 is 12.1 Å². The highest BCUT2D eigenvalue weighted by Crippen LogP contribution is 2.25. The molecule has 0 saturated heterocycles. The van der Waals surface area contributed by atoms with Crippen LogP contribution in [0.15, 0.2) is 66.9 Å². The summed E-state index contributed by atoms with van der Waals surface area (Å²) in [6.45, 7) is 2.59. The van der Waals surface area contributed by atoms with Crippen molar-refractivity contribution in [1.29, 1.82) is 5.41 Å². The molecule has 10 nitrogen and oxygen atoms in total. The third kappa shape index (κ3) is 6.79. The molecule has 11 heteroatoms. The molecule has 190 valence electrons. The Morgan fingerprint density at radius 2 is 1.89 bits per heavy atom. The van der Waals surface area contributed by atoms with Crippen molar-refractivity contribution in [3.05, 3.63) is 77.4 Å². The van der Waals surface area contributed by atoms with Gasteiger partial charge >= 0.3 is 12.1 Å². The zero-order valence-corrected chi connectivity index (χ0v) is 21.0. The fourth-order valence-corrected chi connectivity index (χ4v) is 4.28. The lowest BCUT2D eigenvalue weighted by Gasteiger charge is -2.21. The molecule has 0 fully saturated rings. The number of hydrogen-bond donors (Lipinski definition) is 3. The van der Waals surface area contributed by atoms with Crippen LogP contribution in [0.5, 0.6) is 5.75 Å². The van der Waals surface area contributed by atoms with Crippen LogP contribution in [0.1, 0.15) is 23.9 Å². The number of aromatic nitrogens is 2. The predicted molar refractivity (Wildman–Crippen MR) is 143 cm³/mol. The van der Waals surface area contributed by atoms with Gasteiger partial charge in [0, 0.05) is 29.5 Å². The van der Waals surface area contributed by atoms with Gasteiger partial charge in [-0.25, -0.2) is 14.8 Å². The minimum Gasteiger partial charge on any atom is -0.466 e. The van der Waals surface area contributed by atoms with Gasteiger partial charge < -0.3 is 20.5 Å². The lowest BCUT2D eigenvalue weighted by atomic mass is 10.2. The van der Waals surface area contributed by atoms with E-state index >= 15 is 0 Å². The number of amidine groups is 1. The molecule has 1 amide bonds. The standard InChI is InChI=1S/C26H26N6O4S/c1-2-35-23(33)12-13-32(19-6-4-3-5-7-19)26(34)36-20-14-21-25(30-15-20)37-22(31-21)16-29-18-10-8-17(9-11-18)24(27)28/h3-11,14-15,29H,2,12-13,16H2,1H3,(H3,27,28). The summed E-state index contributed by atoms with van der Waals surface area (Å²) in [5.74, 6) is -0.122. The van der Waals surface area contributed by atoms with E-state index in [1.165, 1.54) is 22.4 Å². The highest BCUT2D eigenvalue weighted by atomic mass is 32.1. The first-order valence-corrected chi connectivity index (χ1v) is 12.4. The Morgan fingerprint density at radius 1 is 1.14 bits per heavy atom. The summed E-state index contributed by atoms with van der Waals surface area (Å²) in [7, 11) is 0. The number of hydrogen-bond acceptors (Lipinski definition) is 9. The molecule has 0 atom stereocenters. The van der Waals surface area contributed by atoms with E-state index in [1.807, 2.05) is 18.2 Å². The number of thiazole rings is 1. The van der Waals surface area contributed by atoms with Crippen molar-refractivity contribution in [2.45, 2.75) is 19.9 Å². The summed E-state index contributed by atoms with van der Waals surface area (Å²) in [5, 5.41) is 11.6. The molecule has 0 aliphatic rings. The molecular weight excluding hydrogens is 492 g/mol. The number of ether oxygens (including phenoxy) is 2. The van der Waals surface area contributed by atoms with Crippen LogP contribution in [-0.2, 0) is 16.1 Å². The smallest absolute Gasteiger partial charge is 0.419 e. The van der Waals surface area contributed by atoms with Gasteiger partial charge in [0.25, 0.3) is 0 Å². The van der Waals surface area contributed by atoms with Crippen LogP contribution >= 0.6 is 11.3 Å². The number of nitrogens with one attached hydrogen (secondary N) is 2. The third-order valence-corrected chi connectivity index (χ3v) is 6.22. The Labute approximate surface area is 217 Å². The topological polar surface area (TPSA) is 144 Å². The number of para-hydroxylation sites is 1. The number of anilines is 2. The summed E-state index contributed by atoms with van der Waals surface area (Å²) in [6.07, 6.45) is 0.877. The number of fused-ring (bicyclic) bond motifs is 1. The molecule has 4 rings (SSSR count). The second kappa shape index (κ2) is 12.0. The Hall–Kier alpha value is -4.51. The quantitative estimate of drug-likeness (QED) is 0.158. The average Bonchev–Trinajstić information content (AvgIpc) is 3.31. The molecule has 0 spiro atoms. The molecule has 2 aromatic heterocycles. The van der Waals surface area contributed by atoms with Crippen molar-refractivity contribution in [1.82, 2.24) is 9.97 Å². The zero-order valence-electron chi connectivity index (χ0n) is 20.1. The average molecular weight is 519 g/mol. The molecule has 4 N–H and O–H groups in total. The van der Waals surface area contributed by atoms with Crippen molar-refractivity contribution in [3.8, 4) is 5.75 Å². The van der Waals surface area contributed by atoms with Crippen LogP contribution < -0.4 is 20.7 Å². The van der Waals surface area contributed by atoms with Gasteiger partial charge in [0.05, 0.1) is 25.8 Å². The van der Waals surface area contributed by atoms with Gasteiger partial charge in [0.1, 0.15) is 21.2 Å². The summed E-state index contributed by atoms with van der Waals surface area (Å²) < 4.78 is 10.6. The fourth-order valence-electron chi connectivity index (χ4n) is 3.45. The minimum atomic E-state index is -0.636. The van der Waals surface area contributed by atoms with Crippen LogP contribution in [-0.4, -0.2) is 41.0 Å². The number of esters is 1. The number of carbonyl (C=O) groups is 2. The van der Waals surface area contributed by atoms with Gasteiger partial charge in [-0.05, 0) is 43.3 Å². The highest BCUT2D eigenvalue weighted by molar-refractivity contribution is 7.18. The lowest BCUT2D eigenvalue weighted by molar-refractivity contribution is -0.142. The maximum atomic E-state index is 13.0. The van der Waals surface area contributed by atoms with Crippen molar-refractivity contribution < 1.29 is 19.1 Å². The monoisotopic (exact) mass is 518 g/mol. The van der Waals surface area contributed by atoms with E-state index in [0.717, 1.165) is 10.7 Å². The van der Waals surface area contributed by atoms with Gasteiger partial charge in [-0.15, -0.1) is 0 Å². The molecule has 37 heavy (non-hydrogen) atoms. The number of carbonyl (C=O) groups excluding carboxylic acids is 2.